The molecule has 0 spiro atoms. The number of methoxy groups -OCH3 is 1. The highest BCUT2D eigenvalue weighted by Crippen LogP contribution is 2.13. The maximum absolute atomic E-state index is 5.26. The lowest BCUT2D eigenvalue weighted by molar-refractivity contribution is 0.368. The van der Waals surface area contributed by atoms with Crippen LogP contribution in [0.25, 0.3) is 0 Å². The van der Waals surface area contributed by atoms with Crippen LogP contribution >= 0.6 is 0 Å². The highest BCUT2D eigenvalue weighted by atomic mass is 16.5. The minimum absolute atomic E-state index is 0.288. The van der Waals surface area contributed by atoms with Gasteiger partial charge in [0.15, 0.2) is 11.8 Å². The Bertz CT molecular complexity index is 694. The zero-order chi connectivity index (χ0) is 18.9. The van der Waals surface area contributed by atoms with Crippen molar-refractivity contribution >= 4 is 5.96 Å². The van der Waals surface area contributed by atoms with Crippen molar-refractivity contribution in [2.45, 2.75) is 39.2 Å². The molecule has 2 aromatic rings. The Morgan fingerprint density at radius 1 is 1.31 bits per heavy atom. The van der Waals surface area contributed by atoms with Crippen LogP contribution in [0.2, 0.25) is 0 Å². The van der Waals surface area contributed by atoms with Crippen LogP contribution in [0.4, 0.5) is 0 Å². The fraction of sp³-hybridized carbons (Fsp3) is 0.526. The average molecular weight is 359 g/mol. The van der Waals surface area contributed by atoms with E-state index in [0.717, 1.165) is 43.5 Å². The summed E-state index contributed by atoms with van der Waals surface area (Å²) in [6, 6.07) is 8.05. The summed E-state index contributed by atoms with van der Waals surface area (Å²) in [5.74, 6) is 3.46. The van der Waals surface area contributed by atoms with E-state index in [1.54, 1.807) is 14.2 Å². The summed E-state index contributed by atoms with van der Waals surface area (Å²) in [5, 5.41) is 7.36. The van der Waals surface area contributed by atoms with Crippen molar-refractivity contribution in [2.24, 2.45) is 4.99 Å². The third-order valence-electron chi connectivity index (χ3n) is 4.00. The van der Waals surface area contributed by atoms with Gasteiger partial charge < -0.3 is 19.5 Å². The van der Waals surface area contributed by atoms with Crippen LogP contribution in [-0.4, -0.2) is 48.8 Å². The average Bonchev–Trinajstić information content (AvgIpc) is 3.11. The molecule has 0 amide bonds. The fourth-order valence-electron chi connectivity index (χ4n) is 2.51. The van der Waals surface area contributed by atoms with E-state index >= 15 is 0 Å². The summed E-state index contributed by atoms with van der Waals surface area (Å²) in [4.78, 5) is 10.8. The minimum atomic E-state index is 0.288. The second-order valence-electron chi connectivity index (χ2n) is 6.48. The molecule has 0 saturated carbocycles. The van der Waals surface area contributed by atoms with Gasteiger partial charge in [0.05, 0.1) is 7.11 Å². The predicted molar refractivity (Wildman–Crippen MR) is 103 cm³/mol. The number of rotatable bonds is 8. The summed E-state index contributed by atoms with van der Waals surface area (Å²) < 4.78 is 10.5. The highest BCUT2D eigenvalue weighted by Gasteiger charge is 2.10. The molecule has 0 aliphatic rings. The van der Waals surface area contributed by atoms with Gasteiger partial charge in [0.25, 0.3) is 0 Å². The van der Waals surface area contributed by atoms with Gasteiger partial charge in [-0.05, 0) is 24.1 Å². The lowest BCUT2D eigenvalue weighted by Gasteiger charge is -2.22. The van der Waals surface area contributed by atoms with Crippen LogP contribution in [0.3, 0.4) is 0 Å². The number of ether oxygens (including phenoxy) is 1. The van der Waals surface area contributed by atoms with Gasteiger partial charge in [-0.1, -0.05) is 31.1 Å². The molecular weight excluding hydrogens is 330 g/mol. The first-order chi connectivity index (χ1) is 12.5. The van der Waals surface area contributed by atoms with Gasteiger partial charge in [0, 0.05) is 39.5 Å². The number of nitrogens with one attached hydrogen (secondary N) is 1. The number of hydrogen-bond acceptors (Lipinski definition) is 5. The van der Waals surface area contributed by atoms with Crippen molar-refractivity contribution in [3.63, 3.8) is 0 Å². The minimum Gasteiger partial charge on any atom is -0.497 e. The van der Waals surface area contributed by atoms with Gasteiger partial charge in [0.1, 0.15) is 5.75 Å². The number of aliphatic imine (C=N–C) groups is 1. The van der Waals surface area contributed by atoms with E-state index in [1.165, 1.54) is 5.56 Å². The van der Waals surface area contributed by atoms with E-state index < -0.39 is 0 Å². The predicted octanol–water partition coefficient (Wildman–Crippen LogP) is 2.84. The molecular formula is C19H29N5O2. The molecule has 0 unspecified atom stereocenters. The first kappa shape index (κ1) is 19.8. The Hall–Kier alpha value is -2.57. The molecule has 0 fully saturated rings. The topological polar surface area (TPSA) is 75.8 Å². The summed E-state index contributed by atoms with van der Waals surface area (Å²) >= 11 is 0. The van der Waals surface area contributed by atoms with Crippen LogP contribution in [0, 0.1) is 0 Å². The number of benzene rings is 1. The normalized spacial score (nSPS) is 11.7. The quantitative estimate of drug-likeness (QED) is 0.444. The second kappa shape index (κ2) is 9.79. The van der Waals surface area contributed by atoms with Crippen molar-refractivity contribution in [3.8, 4) is 5.75 Å². The molecule has 2 rings (SSSR count). The molecule has 1 N–H and O–H groups in total. The van der Waals surface area contributed by atoms with E-state index in [0.29, 0.717) is 5.89 Å². The van der Waals surface area contributed by atoms with Crippen LogP contribution in [0.5, 0.6) is 5.75 Å². The van der Waals surface area contributed by atoms with Crippen LogP contribution in [0.15, 0.2) is 33.8 Å². The Labute approximate surface area is 155 Å². The molecule has 1 heterocycles. The molecule has 1 aromatic heterocycles. The number of hydrogen-bond donors (Lipinski definition) is 1. The van der Waals surface area contributed by atoms with Gasteiger partial charge >= 0.3 is 0 Å². The zero-order valence-corrected chi connectivity index (χ0v) is 16.3. The van der Waals surface area contributed by atoms with Crippen molar-refractivity contribution < 1.29 is 9.26 Å². The Balaban J connectivity index is 1.76. The van der Waals surface area contributed by atoms with E-state index in [4.69, 9.17) is 9.26 Å². The first-order valence-electron chi connectivity index (χ1n) is 8.90. The van der Waals surface area contributed by atoms with Crippen molar-refractivity contribution in [2.75, 3.05) is 27.7 Å². The largest absolute Gasteiger partial charge is 0.497 e. The molecule has 0 aliphatic carbocycles. The molecule has 0 aliphatic heterocycles. The Kier molecular flexibility index (Phi) is 7.44. The van der Waals surface area contributed by atoms with E-state index in [9.17, 15) is 0 Å². The van der Waals surface area contributed by atoms with Gasteiger partial charge in [-0.25, -0.2) is 0 Å². The monoisotopic (exact) mass is 359 g/mol. The second-order valence-corrected chi connectivity index (χ2v) is 6.48. The summed E-state index contributed by atoms with van der Waals surface area (Å²) in [6.07, 6.45) is 1.65. The first-order valence-corrected chi connectivity index (χ1v) is 8.90. The lowest BCUT2D eigenvalue weighted by Crippen LogP contribution is -2.39. The zero-order valence-electron chi connectivity index (χ0n) is 16.3. The standard InChI is InChI=1S/C19H29N5O2/c1-14(2)18-22-17(26-23-18)7-6-12-21-19(20-3)24(4)13-15-8-10-16(25-5)11-9-15/h8-11,14H,6-7,12-13H2,1-5H3,(H,20,21). The lowest BCUT2D eigenvalue weighted by atomic mass is 10.2. The molecule has 7 heteroatoms. The molecule has 1 aromatic carbocycles. The van der Waals surface area contributed by atoms with Crippen LogP contribution in [-0.2, 0) is 13.0 Å². The van der Waals surface area contributed by atoms with E-state index in [-0.39, 0.29) is 5.92 Å². The van der Waals surface area contributed by atoms with Crippen LogP contribution < -0.4 is 10.1 Å². The van der Waals surface area contributed by atoms with Crippen molar-refractivity contribution in [3.05, 3.63) is 41.5 Å². The molecule has 142 valence electrons. The fourth-order valence-corrected chi connectivity index (χ4v) is 2.51. The van der Waals surface area contributed by atoms with Gasteiger partial charge in [-0.15, -0.1) is 0 Å². The SMILES string of the molecule is CN=C(NCCCc1nc(C(C)C)no1)N(C)Cc1ccc(OC)cc1. The van der Waals surface area contributed by atoms with E-state index in [1.807, 2.05) is 19.2 Å². The Morgan fingerprint density at radius 3 is 2.62 bits per heavy atom. The molecule has 0 saturated heterocycles. The van der Waals surface area contributed by atoms with Crippen LogP contribution in [0.1, 0.15) is 43.5 Å². The highest BCUT2D eigenvalue weighted by molar-refractivity contribution is 5.79. The molecule has 7 nitrogen and oxygen atoms in total. The Morgan fingerprint density at radius 2 is 2.04 bits per heavy atom. The summed E-state index contributed by atoms with van der Waals surface area (Å²) in [5.41, 5.74) is 1.20. The van der Waals surface area contributed by atoms with E-state index in [2.05, 4.69) is 51.3 Å². The number of aromatic nitrogens is 2. The molecule has 26 heavy (non-hydrogen) atoms. The number of guanidine groups is 1. The summed E-state index contributed by atoms with van der Waals surface area (Å²) in [6.45, 7) is 5.67. The van der Waals surface area contributed by atoms with Crippen molar-refractivity contribution in [1.29, 1.82) is 0 Å². The van der Waals surface area contributed by atoms with Gasteiger partial charge in [0.2, 0.25) is 5.89 Å². The summed E-state index contributed by atoms with van der Waals surface area (Å²) in [7, 11) is 5.48. The number of aryl methyl sites for hydroxylation is 1. The third kappa shape index (κ3) is 5.75. The molecule has 0 radical (unpaired) electrons. The maximum Gasteiger partial charge on any atom is 0.226 e. The maximum atomic E-state index is 5.26. The molecule has 0 bridgehead atoms. The van der Waals surface area contributed by atoms with Gasteiger partial charge in [-0.2, -0.15) is 4.98 Å². The third-order valence-corrected chi connectivity index (χ3v) is 4.00. The molecule has 0 atom stereocenters. The van der Waals surface area contributed by atoms with Crippen molar-refractivity contribution in [1.82, 2.24) is 20.4 Å². The number of nitrogens with zero attached hydrogens (tertiary/aromatic N) is 4. The smallest absolute Gasteiger partial charge is 0.226 e. The van der Waals surface area contributed by atoms with Gasteiger partial charge in [-0.3, -0.25) is 4.99 Å².